The highest BCUT2D eigenvalue weighted by Crippen LogP contribution is 2.28. The van der Waals surface area contributed by atoms with E-state index in [1.165, 1.54) is 24.3 Å². The molecule has 0 aliphatic heterocycles. The van der Waals surface area contributed by atoms with Crippen molar-refractivity contribution in [1.29, 1.82) is 0 Å². The van der Waals surface area contributed by atoms with Gasteiger partial charge in [0.15, 0.2) is 0 Å². The number of hydrogen-bond acceptors (Lipinski definition) is 2. The lowest BCUT2D eigenvalue weighted by molar-refractivity contribution is 0.0689. The Labute approximate surface area is 108 Å². The Morgan fingerprint density at radius 2 is 1.89 bits per heavy atom. The first-order valence-electron chi connectivity index (χ1n) is 5.45. The van der Waals surface area contributed by atoms with Crippen molar-refractivity contribution >= 4 is 5.97 Å². The van der Waals surface area contributed by atoms with E-state index in [4.69, 9.17) is 9.84 Å². The number of halogens is 2. The van der Waals surface area contributed by atoms with E-state index >= 15 is 0 Å². The number of carbonyl (C=O) groups is 1. The molecule has 2 aromatic rings. The molecule has 0 saturated heterocycles. The molecular weight excluding hydrogens is 254 g/mol. The molecule has 0 saturated carbocycles. The maximum atomic E-state index is 13.4. The predicted octanol–water partition coefficient (Wildman–Crippen LogP) is 3.76. The molecule has 3 nitrogen and oxygen atoms in total. The zero-order chi connectivity index (χ0) is 14.0. The highest BCUT2D eigenvalue weighted by atomic mass is 19.1. The summed E-state index contributed by atoms with van der Waals surface area (Å²) in [6.07, 6.45) is 0. The van der Waals surface area contributed by atoms with Gasteiger partial charge < -0.3 is 9.84 Å². The molecule has 0 fully saturated rings. The molecule has 5 heteroatoms. The number of carboxylic acid groups (broad SMARTS) is 1. The average Bonchev–Trinajstić information content (AvgIpc) is 2.33. The van der Waals surface area contributed by atoms with E-state index in [2.05, 4.69) is 0 Å². The topological polar surface area (TPSA) is 46.5 Å². The second-order valence-corrected chi connectivity index (χ2v) is 3.93. The van der Waals surface area contributed by atoms with Gasteiger partial charge in [0.25, 0.3) is 0 Å². The van der Waals surface area contributed by atoms with Crippen LogP contribution >= 0.6 is 0 Å². The van der Waals surface area contributed by atoms with Gasteiger partial charge in [-0.1, -0.05) is 12.1 Å². The third kappa shape index (κ3) is 2.70. The normalized spacial score (nSPS) is 10.3. The summed E-state index contributed by atoms with van der Waals surface area (Å²) in [4.78, 5) is 11.0. The number of hydrogen-bond donors (Lipinski definition) is 1. The standard InChI is InChI=1S/C14H10F2O3/c1-8-5-6-9(7-11(8)16)19-12-4-2-3-10(15)13(12)14(17)18/h2-7H,1H3,(H,17,18). The van der Waals surface area contributed by atoms with Crippen LogP contribution in [0.15, 0.2) is 36.4 Å². The molecule has 2 rings (SSSR count). The number of benzene rings is 2. The molecule has 0 heterocycles. The van der Waals surface area contributed by atoms with Crippen LogP contribution in [0, 0.1) is 18.6 Å². The molecular formula is C14H10F2O3. The fourth-order valence-electron chi connectivity index (χ4n) is 1.56. The van der Waals surface area contributed by atoms with Gasteiger partial charge in [0, 0.05) is 6.07 Å². The van der Waals surface area contributed by atoms with Crippen LogP contribution in [0.1, 0.15) is 15.9 Å². The van der Waals surface area contributed by atoms with Crippen molar-refractivity contribution in [1.82, 2.24) is 0 Å². The van der Waals surface area contributed by atoms with E-state index in [1.807, 2.05) is 0 Å². The maximum Gasteiger partial charge on any atom is 0.342 e. The minimum Gasteiger partial charge on any atom is -0.477 e. The maximum absolute atomic E-state index is 13.4. The van der Waals surface area contributed by atoms with Crippen LogP contribution in [0.5, 0.6) is 11.5 Å². The van der Waals surface area contributed by atoms with Gasteiger partial charge in [0.05, 0.1) is 0 Å². The van der Waals surface area contributed by atoms with Crippen molar-refractivity contribution in [3.63, 3.8) is 0 Å². The molecule has 0 spiro atoms. The van der Waals surface area contributed by atoms with Crippen LogP contribution in [-0.4, -0.2) is 11.1 Å². The van der Waals surface area contributed by atoms with E-state index in [0.717, 1.165) is 12.1 Å². The summed E-state index contributed by atoms with van der Waals surface area (Å²) in [5.41, 5.74) is -0.145. The Morgan fingerprint density at radius 3 is 2.53 bits per heavy atom. The van der Waals surface area contributed by atoms with Crippen LogP contribution < -0.4 is 4.74 Å². The van der Waals surface area contributed by atoms with Gasteiger partial charge in [-0.25, -0.2) is 13.6 Å². The monoisotopic (exact) mass is 264 g/mol. The van der Waals surface area contributed by atoms with Gasteiger partial charge in [-0.3, -0.25) is 0 Å². The predicted molar refractivity (Wildman–Crippen MR) is 64.6 cm³/mol. The summed E-state index contributed by atoms with van der Waals surface area (Å²) in [5.74, 6) is -2.89. The summed E-state index contributed by atoms with van der Waals surface area (Å²) in [7, 11) is 0. The second kappa shape index (κ2) is 5.06. The number of ether oxygens (including phenoxy) is 1. The van der Waals surface area contributed by atoms with Gasteiger partial charge in [-0.05, 0) is 30.7 Å². The lowest BCUT2D eigenvalue weighted by Crippen LogP contribution is -2.03. The SMILES string of the molecule is Cc1ccc(Oc2cccc(F)c2C(=O)O)cc1F. The molecule has 0 unspecified atom stereocenters. The van der Waals surface area contributed by atoms with Gasteiger partial charge in [0.1, 0.15) is 28.7 Å². The fourth-order valence-corrected chi connectivity index (χ4v) is 1.56. The van der Waals surface area contributed by atoms with Crippen LogP contribution in [0.25, 0.3) is 0 Å². The first kappa shape index (κ1) is 13.0. The lowest BCUT2D eigenvalue weighted by atomic mass is 10.2. The van der Waals surface area contributed by atoms with E-state index in [-0.39, 0.29) is 11.5 Å². The summed E-state index contributed by atoms with van der Waals surface area (Å²) < 4.78 is 32.0. The fraction of sp³-hybridized carbons (Fsp3) is 0.0714. The minimum absolute atomic E-state index is 0.108. The van der Waals surface area contributed by atoms with Gasteiger partial charge >= 0.3 is 5.97 Å². The Balaban J connectivity index is 2.40. The quantitative estimate of drug-likeness (QED) is 0.918. The number of rotatable bonds is 3. The Kier molecular flexibility index (Phi) is 3.46. The molecule has 0 aromatic heterocycles. The molecule has 0 aliphatic rings. The molecule has 0 radical (unpaired) electrons. The Morgan fingerprint density at radius 1 is 1.16 bits per heavy atom. The number of aryl methyl sites for hydroxylation is 1. The van der Waals surface area contributed by atoms with E-state index in [0.29, 0.717) is 5.56 Å². The number of aromatic carboxylic acids is 1. The van der Waals surface area contributed by atoms with Crippen LogP contribution in [-0.2, 0) is 0 Å². The average molecular weight is 264 g/mol. The summed E-state index contributed by atoms with van der Waals surface area (Å²) in [5, 5.41) is 8.93. The minimum atomic E-state index is -1.44. The van der Waals surface area contributed by atoms with Crippen LogP contribution in [0.4, 0.5) is 8.78 Å². The largest absolute Gasteiger partial charge is 0.477 e. The molecule has 2 aromatic carbocycles. The van der Waals surface area contributed by atoms with Gasteiger partial charge in [-0.15, -0.1) is 0 Å². The van der Waals surface area contributed by atoms with Gasteiger partial charge in [0.2, 0.25) is 0 Å². The first-order chi connectivity index (χ1) is 8.99. The lowest BCUT2D eigenvalue weighted by Gasteiger charge is -2.09. The van der Waals surface area contributed by atoms with E-state index in [9.17, 15) is 13.6 Å². The van der Waals surface area contributed by atoms with Gasteiger partial charge in [-0.2, -0.15) is 0 Å². The second-order valence-electron chi connectivity index (χ2n) is 3.93. The van der Waals surface area contributed by atoms with Crippen molar-refractivity contribution < 1.29 is 23.4 Å². The molecule has 98 valence electrons. The van der Waals surface area contributed by atoms with Crippen molar-refractivity contribution in [3.8, 4) is 11.5 Å². The first-order valence-corrected chi connectivity index (χ1v) is 5.45. The van der Waals surface area contributed by atoms with E-state index in [1.54, 1.807) is 6.92 Å². The molecule has 0 bridgehead atoms. The van der Waals surface area contributed by atoms with E-state index < -0.39 is 23.2 Å². The molecule has 19 heavy (non-hydrogen) atoms. The van der Waals surface area contributed by atoms with Crippen LogP contribution in [0.2, 0.25) is 0 Å². The van der Waals surface area contributed by atoms with Crippen molar-refractivity contribution in [2.75, 3.05) is 0 Å². The zero-order valence-electron chi connectivity index (χ0n) is 9.98. The molecule has 0 aliphatic carbocycles. The van der Waals surface area contributed by atoms with Crippen molar-refractivity contribution in [3.05, 3.63) is 59.2 Å². The molecule has 1 N–H and O–H groups in total. The van der Waals surface area contributed by atoms with Crippen LogP contribution in [0.3, 0.4) is 0 Å². The molecule has 0 atom stereocenters. The molecule has 0 amide bonds. The summed E-state index contributed by atoms with van der Waals surface area (Å²) in [6.45, 7) is 1.59. The smallest absolute Gasteiger partial charge is 0.342 e. The Bertz CT molecular complexity index is 639. The Hall–Kier alpha value is -2.43. The summed E-state index contributed by atoms with van der Waals surface area (Å²) in [6, 6.07) is 7.74. The zero-order valence-corrected chi connectivity index (χ0v) is 9.98. The van der Waals surface area contributed by atoms with Crippen molar-refractivity contribution in [2.24, 2.45) is 0 Å². The summed E-state index contributed by atoms with van der Waals surface area (Å²) >= 11 is 0. The highest BCUT2D eigenvalue weighted by Gasteiger charge is 2.17. The third-order valence-electron chi connectivity index (χ3n) is 2.56. The third-order valence-corrected chi connectivity index (χ3v) is 2.56. The highest BCUT2D eigenvalue weighted by molar-refractivity contribution is 5.91. The van der Waals surface area contributed by atoms with Crippen molar-refractivity contribution in [2.45, 2.75) is 6.92 Å². The number of carboxylic acids is 1.